The summed E-state index contributed by atoms with van der Waals surface area (Å²) < 4.78 is 14.5. The average molecular weight is 504 g/mol. The molecule has 0 radical (unpaired) electrons. The minimum Gasteiger partial charge on any atom is -0.343 e. The average Bonchev–Trinajstić information content (AvgIpc) is 3.61. The van der Waals surface area contributed by atoms with Crippen LogP contribution in [0.15, 0.2) is 48.5 Å². The second-order valence-electron chi connectivity index (χ2n) is 9.35. The predicted molar refractivity (Wildman–Crippen MR) is 143 cm³/mol. The number of aromatic nitrogens is 7. The van der Waals surface area contributed by atoms with E-state index in [0.29, 0.717) is 37.7 Å². The van der Waals surface area contributed by atoms with Crippen LogP contribution in [0.4, 0.5) is 0 Å². The highest BCUT2D eigenvalue weighted by molar-refractivity contribution is 5.80. The normalized spacial score (nSPS) is 11.9. The van der Waals surface area contributed by atoms with Crippen LogP contribution in [0.25, 0.3) is 22.5 Å². The Morgan fingerprint density at radius 3 is 2.16 bits per heavy atom. The van der Waals surface area contributed by atoms with Crippen LogP contribution in [-0.2, 0) is 21.7 Å². The Kier molecular flexibility index (Phi) is 8.78. The Bertz CT molecular complexity index is 1240. The lowest BCUT2D eigenvalue weighted by Crippen LogP contribution is -2.35. The Labute approximate surface area is 218 Å². The maximum Gasteiger partial charge on any atom is 0.231 e. The van der Waals surface area contributed by atoms with Crippen molar-refractivity contribution in [1.82, 2.24) is 35.4 Å². The van der Waals surface area contributed by atoms with Gasteiger partial charge >= 0.3 is 0 Å². The van der Waals surface area contributed by atoms with E-state index < -0.39 is 5.79 Å². The maximum atomic E-state index is 6.24. The Hall–Kier alpha value is -3.43. The molecule has 1 N–H and O–H groups in total. The molecule has 2 aromatic carbocycles. The van der Waals surface area contributed by atoms with E-state index in [1.807, 2.05) is 22.9 Å². The largest absolute Gasteiger partial charge is 0.343 e. The quantitative estimate of drug-likeness (QED) is 0.233. The number of aromatic amines is 1. The number of benzene rings is 2. The third-order valence-corrected chi connectivity index (χ3v) is 6.22. The van der Waals surface area contributed by atoms with Crippen molar-refractivity contribution in [3.8, 4) is 22.5 Å². The van der Waals surface area contributed by atoms with Gasteiger partial charge in [-0.25, -0.2) is 9.67 Å². The zero-order valence-corrected chi connectivity index (χ0v) is 22.4. The second-order valence-corrected chi connectivity index (χ2v) is 9.35. The molecule has 0 aliphatic rings. The molecule has 0 aliphatic heterocycles. The van der Waals surface area contributed by atoms with E-state index in [9.17, 15) is 0 Å². The van der Waals surface area contributed by atoms with Crippen molar-refractivity contribution < 1.29 is 9.47 Å². The molecule has 0 aliphatic carbocycles. The van der Waals surface area contributed by atoms with E-state index in [2.05, 4.69) is 85.6 Å². The van der Waals surface area contributed by atoms with Gasteiger partial charge in [-0.15, -0.1) is 15.3 Å². The summed E-state index contributed by atoms with van der Waals surface area (Å²) in [6.07, 6.45) is 3.09. The van der Waals surface area contributed by atoms with Crippen molar-refractivity contribution >= 4 is 0 Å². The van der Waals surface area contributed by atoms with Crippen molar-refractivity contribution in [2.45, 2.75) is 72.1 Å². The molecule has 4 aromatic rings. The third-order valence-electron chi connectivity index (χ3n) is 6.22. The first-order valence-electron chi connectivity index (χ1n) is 13.2. The van der Waals surface area contributed by atoms with Gasteiger partial charge in [0.2, 0.25) is 17.4 Å². The summed E-state index contributed by atoms with van der Waals surface area (Å²) in [7, 11) is 0. The minimum atomic E-state index is -0.927. The SMILES string of the molecule is CCCOC(CC)(OCCC)c1nc(Cc2ccc(-c3ccccc3-c3nn[nH]n3)cc2)n(C(C)C)n1. The van der Waals surface area contributed by atoms with E-state index >= 15 is 0 Å². The van der Waals surface area contributed by atoms with Crippen LogP contribution in [0.3, 0.4) is 0 Å². The summed E-state index contributed by atoms with van der Waals surface area (Å²) in [6.45, 7) is 11.7. The molecule has 0 amide bonds. The van der Waals surface area contributed by atoms with Gasteiger partial charge in [-0.05, 0) is 48.6 Å². The van der Waals surface area contributed by atoms with Crippen LogP contribution >= 0.6 is 0 Å². The third kappa shape index (κ3) is 5.94. The maximum absolute atomic E-state index is 6.24. The standard InChI is InChI=1S/C28H37N7O2/c1-6-17-36-28(8-3,37-18-7-2)27-29-25(35(32-27)20(4)5)19-21-13-15-22(16-14-21)23-11-9-10-12-24(23)26-30-33-34-31-26/h9-16,20H,6-8,17-19H2,1-5H3,(H,30,31,33,34). The second kappa shape index (κ2) is 12.2. The Morgan fingerprint density at radius 2 is 1.59 bits per heavy atom. The number of H-pyrrole nitrogens is 1. The first kappa shape index (κ1) is 26.6. The molecule has 37 heavy (non-hydrogen) atoms. The molecule has 0 saturated carbocycles. The molecular weight excluding hydrogens is 466 g/mol. The zero-order chi connectivity index (χ0) is 26.3. The number of tetrazole rings is 1. The van der Waals surface area contributed by atoms with Crippen LogP contribution < -0.4 is 0 Å². The van der Waals surface area contributed by atoms with Gasteiger partial charge in [-0.3, -0.25) is 0 Å². The van der Waals surface area contributed by atoms with Gasteiger partial charge in [-0.1, -0.05) is 69.3 Å². The van der Waals surface area contributed by atoms with Crippen LogP contribution in [0.5, 0.6) is 0 Å². The molecule has 0 bridgehead atoms. The number of nitrogens with zero attached hydrogens (tertiary/aromatic N) is 6. The number of rotatable bonds is 13. The molecule has 0 fully saturated rings. The van der Waals surface area contributed by atoms with Crippen molar-refractivity contribution in [2.75, 3.05) is 13.2 Å². The molecule has 0 unspecified atom stereocenters. The monoisotopic (exact) mass is 503 g/mol. The Morgan fingerprint density at radius 1 is 0.919 bits per heavy atom. The number of ether oxygens (including phenoxy) is 2. The zero-order valence-electron chi connectivity index (χ0n) is 22.4. The van der Waals surface area contributed by atoms with Gasteiger partial charge in [0.25, 0.3) is 0 Å². The molecule has 9 heteroatoms. The topological polar surface area (TPSA) is 104 Å². The molecule has 0 atom stereocenters. The molecule has 2 heterocycles. The highest BCUT2D eigenvalue weighted by atomic mass is 16.7. The van der Waals surface area contributed by atoms with Gasteiger partial charge in [0, 0.05) is 24.4 Å². The van der Waals surface area contributed by atoms with Gasteiger partial charge in [0.1, 0.15) is 5.82 Å². The molecule has 0 spiro atoms. The van der Waals surface area contributed by atoms with E-state index in [1.54, 1.807) is 0 Å². The molecule has 2 aromatic heterocycles. The molecular formula is C28H37N7O2. The van der Waals surface area contributed by atoms with Crippen LogP contribution in [-0.4, -0.2) is 48.6 Å². The summed E-state index contributed by atoms with van der Waals surface area (Å²) in [5.74, 6) is 1.14. The van der Waals surface area contributed by atoms with Crippen molar-refractivity contribution in [3.63, 3.8) is 0 Å². The molecule has 196 valence electrons. The van der Waals surface area contributed by atoms with Gasteiger partial charge in [-0.2, -0.15) is 5.21 Å². The number of nitrogens with one attached hydrogen (secondary N) is 1. The summed E-state index contributed by atoms with van der Waals surface area (Å²) in [4.78, 5) is 4.98. The van der Waals surface area contributed by atoms with E-state index in [4.69, 9.17) is 19.6 Å². The van der Waals surface area contributed by atoms with E-state index in [0.717, 1.165) is 40.9 Å². The van der Waals surface area contributed by atoms with Crippen molar-refractivity contribution in [3.05, 3.63) is 65.7 Å². The van der Waals surface area contributed by atoms with Crippen LogP contribution in [0, 0.1) is 0 Å². The van der Waals surface area contributed by atoms with Gasteiger partial charge in [0.15, 0.2) is 0 Å². The first-order valence-corrected chi connectivity index (χ1v) is 13.2. The fourth-order valence-electron chi connectivity index (χ4n) is 4.31. The highest BCUT2D eigenvalue weighted by Gasteiger charge is 2.38. The summed E-state index contributed by atoms with van der Waals surface area (Å²) in [5, 5.41) is 19.4. The first-order chi connectivity index (χ1) is 18.0. The predicted octanol–water partition coefficient (Wildman–Crippen LogP) is 5.71. The summed E-state index contributed by atoms with van der Waals surface area (Å²) in [5.41, 5.74) is 4.22. The smallest absolute Gasteiger partial charge is 0.231 e. The Balaban J connectivity index is 1.62. The van der Waals surface area contributed by atoms with Crippen molar-refractivity contribution in [1.29, 1.82) is 0 Å². The highest BCUT2D eigenvalue weighted by Crippen LogP contribution is 2.32. The summed E-state index contributed by atoms with van der Waals surface area (Å²) in [6, 6.07) is 16.7. The van der Waals surface area contributed by atoms with E-state index in [1.165, 1.54) is 0 Å². The molecule has 0 saturated heterocycles. The summed E-state index contributed by atoms with van der Waals surface area (Å²) >= 11 is 0. The lowest BCUT2D eigenvalue weighted by atomic mass is 9.98. The lowest BCUT2D eigenvalue weighted by molar-refractivity contribution is -0.253. The van der Waals surface area contributed by atoms with Crippen LogP contribution in [0.2, 0.25) is 0 Å². The number of hydrogen-bond donors (Lipinski definition) is 1. The van der Waals surface area contributed by atoms with E-state index in [-0.39, 0.29) is 6.04 Å². The van der Waals surface area contributed by atoms with Gasteiger partial charge in [0.05, 0.1) is 13.2 Å². The number of hydrogen-bond acceptors (Lipinski definition) is 7. The lowest BCUT2D eigenvalue weighted by Gasteiger charge is -2.30. The molecule has 9 nitrogen and oxygen atoms in total. The fraction of sp³-hybridized carbons (Fsp3) is 0.464. The van der Waals surface area contributed by atoms with Crippen molar-refractivity contribution in [2.24, 2.45) is 0 Å². The van der Waals surface area contributed by atoms with Crippen LogP contribution in [0.1, 0.15) is 77.1 Å². The fourth-order valence-corrected chi connectivity index (χ4v) is 4.31. The molecule has 4 rings (SSSR count). The van der Waals surface area contributed by atoms with Gasteiger partial charge < -0.3 is 9.47 Å². The minimum absolute atomic E-state index is 0.157.